The Hall–Kier alpha value is -1.38. The zero-order valence-electron chi connectivity index (χ0n) is 12.2. The first kappa shape index (κ1) is 14.0. The van der Waals surface area contributed by atoms with Crippen molar-refractivity contribution >= 4 is 12.1 Å². The Labute approximate surface area is 116 Å². The van der Waals surface area contributed by atoms with E-state index in [1.165, 1.54) is 32.1 Å². The summed E-state index contributed by atoms with van der Waals surface area (Å²) in [5.74, 6) is 1.93. The largest absolute Gasteiger partial charge is 0.356 e. The molecule has 1 aliphatic carbocycles. The summed E-state index contributed by atoms with van der Waals surface area (Å²) in [6.07, 6.45) is 9.01. The number of aromatic nitrogens is 1. The van der Waals surface area contributed by atoms with Crippen LogP contribution in [0, 0.1) is 12.8 Å². The van der Waals surface area contributed by atoms with E-state index < -0.39 is 0 Å². The Morgan fingerprint density at radius 2 is 2.05 bits per heavy atom. The molecule has 0 aromatic carbocycles. The molecule has 1 aliphatic rings. The number of carbonyl (C=O) groups excluding carboxylic acids is 1. The first-order chi connectivity index (χ1) is 9.15. The molecule has 0 N–H and O–H groups in total. The monoisotopic (exact) mass is 260 g/mol. The number of hydrogen-bond acceptors (Lipinski definition) is 3. The summed E-state index contributed by atoms with van der Waals surface area (Å²) in [6.45, 7) is 4.32. The molecule has 3 heteroatoms. The molecule has 0 unspecified atom stereocenters. The van der Waals surface area contributed by atoms with E-state index in [1.54, 1.807) is 6.20 Å². The number of nitrogens with zero attached hydrogens (tertiary/aromatic N) is 2. The van der Waals surface area contributed by atoms with Crippen molar-refractivity contribution in [1.82, 2.24) is 4.98 Å². The predicted octanol–water partition coefficient (Wildman–Crippen LogP) is 3.61. The van der Waals surface area contributed by atoms with Gasteiger partial charge in [-0.3, -0.25) is 4.79 Å². The minimum atomic E-state index is 0.594. The van der Waals surface area contributed by atoms with Crippen molar-refractivity contribution in [2.75, 3.05) is 11.9 Å². The Kier molecular flexibility index (Phi) is 4.56. The quantitative estimate of drug-likeness (QED) is 0.775. The van der Waals surface area contributed by atoms with Gasteiger partial charge in [-0.15, -0.1) is 0 Å². The number of anilines is 1. The van der Waals surface area contributed by atoms with Crippen molar-refractivity contribution in [3.05, 3.63) is 23.4 Å². The molecule has 0 spiro atoms. The summed E-state index contributed by atoms with van der Waals surface area (Å²) in [4.78, 5) is 17.5. The molecule has 0 atom stereocenters. The van der Waals surface area contributed by atoms with Gasteiger partial charge in [0.25, 0.3) is 0 Å². The molecule has 0 radical (unpaired) electrons. The van der Waals surface area contributed by atoms with Gasteiger partial charge < -0.3 is 4.90 Å². The number of aldehydes is 1. The van der Waals surface area contributed by atoms with E-state index in [0.717, 1.165) is 23.6 Å². The molecule has 1 fully saturated rings. The molecule has 1 aromatic heterocycles. The number of aryl methyl sites for hydroxylation is 1. The summed E-state index contributed by atoms with van der Waals surface area (Å²) in [5, 5.41) is 0. The molecule has 104 valence electrons. The van der Waals surface area contributed by atoms with Crippen LogP contribution in [0.2, 0.25) is 0 Å². The Morgan fingerprint density at radius 1 is 1.37 bits per heavy atom. The van der Waals surface area contributed by atoms with E-state index in [2.05, 4.69) is 23.9 Å². The van der Waals surface area contributed by atoms with Crippen molar-refractivity contribution in [3.63, 3.8) is 0 Å². The Morgan fingerprint density at radius 3 is 2.58 bits per heavy atom. The minimum Gasteiger partial charge on any atom is -0.356 e. The second-order valence-electron chi connectivity index (χ2n) is 5.72. The lowest BCUT2D eigenvalue weighted by Gasteiger charge is -2.35. The van der Waals surface area contributed by atoms with Crippen molar-refractivity contribution in [2.24, 2.45) is 5.92 Å². The summed E-state index contributed by atoms with van der Waals surface area (Å²) in [6, 6.07) is 2.51. The normalized spacial score (nSPS) is 23.1. The van der Waals surface area contributed by atoms with Gasteiger partial charge in [0.2, 0.25) is 0 Å². The van der Waals surface area contributed by atoms with Crippen LogP contribution in [0.5, 0.6) is 0 Å². The number of carbonyl (C=O) groups is 1. The number of hydrogen-bond donors (Lipinski definition) is 0. The molecule has 0 amide bonds. The molecular weight excluding hydrogens is 236 g/mol. The van der Waals surface area contributed by atoms with Crippen LogP contribution < -0.4 is 4.90 Å². The summed E-state index contributed by atoms with van der Waals surface area (Å²) >= 11 is 0. The van der Waals surface area contributed by atoms with Crippen LogP contribution in [-0.2, 0) is 0 Å². The van der Waals surface area contributed by atoms with Crippen LogP contribution in [0.15, 0.2) is 12.3 Å². The van der Waals surface area contributed by atoms with Crippen LogP contribution in [0.25, 0.3) is 0 Å². The van der Waals surface area contributed by atoms with Crippen molar-refractivity contribution in [3.8, 4) is 0 Å². The van der Waals surface area contributed by atoms with Gasteiger partial charge in [-0.2, -0.15) is 0 Å². The molecule has 3 nitrogen and oxygen atoms in total. The van der Waals surface area contributed by atoms with Crippen LogP contribution in [-0.4, -0.2) is 24.4 Å². The third-order valence-electron chi connectivity index (χ3n) is 4.48. The maximum Gasteiger partial charge on any atom is 0.151 e. The molecule has 19 heavy (non-hydrogen) atoms. The van der Waals surface area contributed by atoms with Gasteiger partial charge in [-0.25, -0.2) is 4.98 Å². The van der Waals surface area contributed by atoms with E-state index >= 15 is 0 Å². The van der Waals surface area contributed by atoms with Gasteiger partial charge in [0, 0.05) is 24.8 Å². The van der Waals surface area contributed by atoms with Gasteiger partial charge in [-0.05, 0) is 50.2 Å². The van der Waals surface area contributed by atoms with E-state index in [1.807, 2.05) is 13.0 Å². The highest BCUT2D eigenvalue weighted by Crippen LogP contribution is 2.31. The fourth-order valence-electron chi connectivity index (χ4n) is 3.14. The van der Waals surface area contributed by atoms with Gasteiger partial charge in [0.1, 0.15) is 5.82 Å². The standard InChI is InChI=1S/C16H24N2O/c1-4-13-5-7-15(8-6-13)18(3)16-12(2)9-14(11-19)10-17-16/h9-11,13,15H,4-8H2,1-3H3. The summed E-state index contributed by atoms with van der Waals surface area (Å²) in [7, 11) is 2.13. The molecular formula is C16H24N2O. The van der Waals surface area contributed by atoms with Gasteiger partial charge in [-0.1, -0.05) is 13.3 Å². The lowest BCUT2D eigenvalue weighted by molar-refractivity contribution is 0.112. The number of rotatable bonds is 4. The zero-order chi connectivity index (χ0) is 13.8. The summed E-state index contributed by atoms with van der Waals surface area (Å²) < 4.78 is 0. The predicted molar refractivity (Wildman–Crippen MR) is 78.8 cm³/mol. The highest BCUT2D eigenvalue weighted by molar-refractivity contribution is 5.75. The topological polar surface area (TPSA) is 33.2 Å². The second kappa shape index (κ2) is 6.18. The van der Waals surface area contributed by atoms with E-state index in [9.17, 15) is 4.79 Å². The Bertz CT molecular complexity index is 436. The van der Waals surface area contributed by atoms with Crippen LogP contribution >= 0.6 is 0 Å². The van der Waals surface area contributed by atoms with E-state index in [-0.39, 0.29) is 0 Å². The minimum absolute atomic E-state index is 0.594. The lowest BCUT2D eigenvalue weighted by Crippen LogP contribution is -2.36. The molecule has 1 saturated carbocycles. The molecule has 1 heterocycles. The van der Waals surface area contributed by atoms with Crippen LogP contribution in [0.1, 0.15) is 54.9 Å². The van der Waals surface area contributed by atoms with Crippen molar-refractivity contribution < 1.29 is 4.79 Å². The maximum atomic E-state index is 10.8. The van der Waals surface area contributed by atoms with Crippen LogP contribution in [0.3, 0.4) is 0 Å². The van der Waals surface area contributed by atoms with Crippen molar-refractivity contribution in [1.29, 1.82) is 0 Å². The fourth-order valence-corrected chi connectivity index (χ4v) is 3.14. The molecule has 2 rings (SSSR count). The average molecular weight is 260 g/mol. The van der Waals surface area contributed by atoms with Gasteiger partial charge in [0.05, 0.1) is 0 Å². The lowest BCUT2D eigenvalue weighted by atomic mass is 9.84. The van der Waals surface area contributed by atoms with Gasteiger partial charge >= 0.3 is 0 Å². The first-order valence-corrected chi connectivity index (χ1v) is 7.30. The third kappa shape index (κ3) is 3.14. The average Bonchev–Trinajstić information content (AvgIpc) is 2.46. The second-order valence-corrected chi connectivity index (χ2v) is 5.72. The van der Waals surface area contributed by atoms with E-state index in [4.69, 9.17) is 0 Å². The Balaban J connectivity index is 2.07. The summed E-state index contributed by atoms with van der Waals surface area (Å²) in [5.41, 5.74) is 1.74. The maximum absolute atomic E-state index is 10.8. The zero-order valence-corrected chi connectivity index (χ0v) is 12.2. The molecule has 0 saturated heterocycles. The molecule has 0 aliphatic heterocycles. The third-order valence-corrected chi connectivity index (χ3v) is 4.48. The fraction of sp³-hybridized carbons (Fsp3) is 0.625. The van der Waals surface area contributed by atoms with E-state index in [0.29, 0.717) is 11.6 Å². The highest BCUT2D eigenvalue weighted by Gasteiger charge is 2.24. The SMILES string of the molecule is CCC1CCC(N(C)c2ncc(C=O)cc2C)CC1. The first-order valence-electron chi connectivity index (χ1n) is 7.30. The van der Waals surface area contributed by atoms with Crippen LogP contribution in [0.4, 0.5) is 5.82 Å². The number of pyridine rings is 1. The molecule has 1 aromatic rings. The van der Waals surface area contributed by atoms with Crippen molar-refractivity contribution in [2.45, 2.75) is 52.0 Å². The smallest absolute Gasteiger partial charge is 0.151 e. The molecule has 0 bridgehead atoms. The highest BCUT2D eigenvalue weighted by atomic mass is 16.1. The van der Waals surface area contributed by atoms with Gasteiger partial charge in [0.15, 0.2) is 6.29 Å².